The van der Waals surface area contributed by atoms with Crippen LogP contribution in [0.3, 0.4) is 0 Å². The molecule has 0 bridgehead atoms. The Bertz CT molecular complexity index is 335. The highest BCUT2D eigenvalue weighted by atomic mass is 15.0. The molecule has 0 aromatic heterocycles. The Morgan fingerprint density at radius 2 is 1.94 bits per heavy atom. The van der Waals surface area contributed by atoms with Crippen molar-refractivity contribution in [3.05, 3.63) is 35.4 Å². The van der Waals surface area contributed by atoms with Crippen molar-refractivity contribution >= 4 is 0 Å². The van der Waals surface area contributed by atoms with Gasteiger partial charge in [0.1, 0.15) is 0 Å². The summed E-state index contributed by atoms with van der Waals surface area (Å²) >= 11 is 0. The van der Waals surface area contributed by atoms with Crippen molar-refractivity contribution < 1.29 is 0 Å². The first kappa shape index (κ1) is 12.7. The van der Waals surface area contributed by atoms with E-state index >= 15 is 0 Å². The number of hydrogen-bond donors (Lipinski definition) is 1. The van der Waals surface area contributed by atoms with Crippen molar-refractivity contribution in [1.82, 2.24) is 10.2 Å². The molecule has 0 unspecified atom stereocenters. The third-order valence-electron chi connectivity index (χ3n) is 2.37. The van der Waals surface area contributed by atoms with Gasteiger partial charge in [-0.1, -0.05) is 12.1 Å². The van der Waals surface area contributed by atoms with Crippen LogP contribution in [0.4, 0.5) is 0 Å². The third-order valence-corrected chi connectivity index (χ3v) is 2.37. The Kier molecular flexibility index (Phi) is 5.55. The lowest BCUT2D eigenvalue weighted by Gasteiger charge is -2.09. The van der Waals surface area contributed by atoms with E-state index in [9.17, 15) is 0 Å². The lowest BCUT2D eigenvalue weighted by molar-refractivity contribution is 0.394. The van der Waals surface area contributed by atoms with Crippen LogP contribution in [0.15, 0.2) is 24.3 Å². The first-order valence-electron chi connectivity index (χ1n) is 5.57. The van der Waals surface area contributed by atoms with Gasteiger partial charge in [0, 0.05) is 6.54 Å². The molecule has 1 aromatic rings. The molecule has 0 aliphatic heterocycles. The summed E-state index contributed by atoms with van der Waals surface area (Å²) in [5, 5.41) is 12.0. The van der Waals surface area contributed by atoms with E-state index in [-0.39, 0.29) is 0 Å². The maximum absolute atomic E-state index is 8.66. The van der Waals surface area contributed by atoms with Crippen molar-refractivity contribution in [3.8, 4) is 6.07 Å². The van der Waals surface area contributed by atoms with Gasteiger partial charge in [0.05, 0.1) is 11.6 Å². The Labute approximate surface area is 97.7 Å². The van der Waals surface area contributed by atoms with Crippen LogP contribution in [0.2, 0.25) is 0 Å². The van der Waals surface area contributed by atoms with E-state index in [4.69, 9.17) is 5.26 Å². The molecule has 0 spiro atoms. The fraction of sp³-hybridized carbons (Fsp3) is 0.462. The maximum Gasteiger partial charge on any atom is 0.0991 e. The van der Waals surface area contributed by atoms with Gasteiger partial charge in [-0.15, -0.1) is 0 Å². The van der Waals surface area contributed by atoms with Crippen LogP contribution >= 0.6 is 0 Å². The molecule has 16 heavy (non-hydrogen) atoms. The second-order valence-corrected chi connectivity index (χ2v) is 4.14. The summed E-state index contributed by atoms with van der Waals surface area (Å²) < 4.78 is 0. The molecule has 3 heteroatoms. The first-order valence-corrected chi connectivity index (χ1v) is 5.57. The van der Waals surface area contributed by atoms with Crippen molar-refractivity contribution in [2.24, 2.45) is 0 Å². The molecule has 0 aliphatic rings. The second kappa shape index (κ2) is 7.00. The van der Waals surface area contributed by atoms with Gasteiger partial charge in [0.2, 0.25) is 0 Å². The van der Waals surface area contributed by atoms with Crippen LogP contribution in [0, 0.1) is 11.3 Å². The minimum atomic E-state index is 0.719. The molecular formula is C13H19N3. The van der Waals surface area contributed by atoms with E-state index in [0.29, 0.717) is 0 Å². The second-order valence-electron chi connectivity index (χ2n) is 4.14. The summed E-state index contributed by atoms with van der Waals surface area (Å²) in [6, 6.07) is 9.83. The number of nitrogens with zero attached hydrogens (tertiary/aromatic N) is 2. The van der Waals surface area contributed by atoms with Crippen molar-refractivity contribution in [2.45, 2.75) is 13.0 Å². The van der Waals surface area contributed by atoms with Gasteiger partial charge < -0.3 is 10.2 Å². The minimum Gasteiger partial charge on any atom is -0.313 e. The molecule has 1 rings (SSSR count). The minimum absolute atomic E-state index is 0.719. The molecular weight excluding hydrogens is 198 g/mol. The summed E-state index contributed by atoms with van der Waals surface area (Å²) in [7, 11) is 4.17. The normalized spacial score (nSPS) is 10.4. The zero-order chi connectivity index (χ0) is 11.8. The standard InChI is InChI=1S/C13H19N3/c1-16(2)9-3-8-15-11-13-6-4-12(10-14)5-7-13/h4-7,15H,3,8-9,11H2,1-2H3. The highest BCUT2D eigenvalue weighted by Gasteiger charge is 1.94. The van der Waals surface area contributed by atoms with Gasteiger partial charge in [-0.05, 0) is 51.3 Å². The zero-order valence-corrected chi connectivity index (χ0v) is 10.0. The topological polar surface area (TPSA) is 39.1 Å². The maximum atomic E-state index is 8.66. The monoisotopic (exact) mass is 217 g/mol. The molecule has 0 fully saturated rings. The first-order chi connectivity index (χ1) is 7.72. The molecule has 86 valence electrons. The van der Waals surface area contributed by atoms with Gasteiger partial charge >= 0.3 is 0 Å². The predicted molar refractivity (Wildman–Crippen MR) is 66.0 cm³/mol. The van der Waals surface area contributed by atoms with Crippen LogP contribution in [0.25, 0.3) is 0 Å². The van der Waals surface area contributed by atoms with Crippen molar-refractivity contribution in [2.75, 3.05) is 27.2 Å². The summed E-state index contributed by atoms with van der Waals surface area (Å²) in [5.41, 5.74) is 1.94. The molecule has 1 aromatic carbocycles. The molecule has 0 heterocycles. The van der Waals surface area contributed by atoms with Crippen LogP contribution in [-0.2, 0) is 6.54 Å². The average molecular weight is 217 g/mol. The summed E-state index contributed by atoms with van der Waals surface area (Å²) in [6.07, 6.45) is 1.16. The summed E-state index contributed by atoms with van der Waals surface area (Å²) in [4.78, 5) is 2.18. The molecule has 0 radical (unpaired) electrons. The van der Waals surface area contributed by atoms with E-state index in [1.54, 1.807) is 0 Å². The van der Waals surface area contributed by atoms with E-state index in [1.807, 2.05) is 24.3 Å². The molecule has 1 N–H and O–H groups in total. The smallest absolute Gasteiger partial charge is 0.0991 e. The molecule has 0 aliphatic carbocycles. The number of hydrogen-bond acceptors (Lipinski definition) is 3. The quantitative estimate of drug-likeness (QED) is 0.736. The van der Waals surface area contributed by atoms with Gasteiger partial charge in [0.25, 0.3) is 0 Å². The third kappa shape index (κ3) is 4.92. The van der Waals surface area contributed by atoms with Gasteiger partial charge in [-0.25, -0.2) is 0 Å². The van der Waals surface area contributed by atoms with Crippen LogP contribution in [0.5, 0.6) is 0 Å². The highest BCUT2D eigenvalue weighted by Crippen LogP contribution is 2.02. The Morgan fingerprint density at radius 3 is 2.50 bits per heavy atom. The van der Waals surface area contributed by atoms with Crippen LogP contribution in [0.1, 0.15) is 17.5 Å². The molecule has 0 amide bonds. The summed E-state index contributed by atoms with van der Waals surface area (Å²) in [5.74, 6) is 0. The number of benzene rings is 1. The lowest BCUT2D eigenvalue weighted by atomic mass is 10.1. The Balaban J connectivity index is 2.20. The molecule has 0 atom stereocenters. The number of nitrogens with one attached hydrogen (secondary N) is 1. The highest BCUT2D eigenvalue weighted by molar-refractivity contribution is 5.31. The number of rotatable bonds is 6. The zero-order valence-electron chi connectivity index (χ0n) is 10.0. The largest absolute Gasteiger partial charge is 0.313 e. The van der Waals surface area contributed by atoms with E-state index < -0.39 is 0 Å². The van der Waals surface area contributed by atoms with Crippen LogP contribution in [-0.4, -0.2) is 32.1 Å². The van der Waals surface area contributed by atoms with Crippen molar-refractivity contribution in [1.29, 1.82) is 5.26 Å². The summed E-state index contributed by atoms with van der Waals surface area (Å²) in [6.45, 7) is 3.01. The van der Waals surface area contributed by atoms with Gasteiger partial charge in [0.15, 0.2) is 0 Å². The van der Waals surface area contributed by atoms with Gasteiger partial charge in [-0.3, -0.25) is 0 Å². The number of nitriles is 1. The van der Waals surface area contributed by atoms with Crippen molar-refractivity contribution in [3.63, 3.8) is 0 Å². The lowest BCUT2D eigenvalue weighted by Crippen LogP contribution is -2.20. The van der Waals surface area contributed by atoms with Gasteiger partial charge in [-0.2, -0.15) is 5.26 Å². The fourth-order valence-electron chi connectivity index (χ4n) is 1.45. The van der Waals surface area contributed by atoms with E-state index in [0.717, 1.165) is 31.6 Å². The molecule has 0 saturated carbocycles. The molecule has 0 saturated heterocycles. The van der Waals surface area contributed by atoms with E-state index in [1.165, 1.54) is 5.56 Å². The fourth-order valence-corrected chi connectivity index (χ4v) is 1.45. The Hall–Kier alpha value is -1.37. The van der Waals surface area contributed by atoms with E-state index in [2.05, 4.69) is 30.4 Å². The SMILES string of the molecule is CN(C)CCCNCc1ccc(C#N)cc1. The average Bonchev–Trinajstić information content (AvgIpc) is 2.29. The Morgan fingerprint density at radius 1 is 1.25 bits per heavy atom. The molecule has 3 nitrogen and oxygen atoms in total. The predicted octanol–water partition coefficient (Wildman–Crippen LogP) is 1.60. The van der Waals surface area contributed by atoms with Crippen LogP contribution < -0.4 is 5.32 Å².